The van der Waals surface area contributed by atoms with Crippen LogP contribution in [0.1, 0.15) is 44.2 Å². The van der Waals surface area contributed by atoms with E-state index in [9.17, 15) is 5.11 Å². The Balaban J connectivity index is 0.000000169. The zero-order chi connectivity index (χ0) is 30.0. The molecule has 6 rings (SSSR count). The molecule has 224 valence electrons. The first kappa shape index (κ1) is 31.4. The number of rotatable bonds is 7. The van der Waals surface area contributed by atoms with Crippen LogP contribution in [0.4, 0.5) is 0 Å². The lowest BCUT2D eigenvalue weighted by atomic mass is 9.72. The number of nitrogens with zero attached hydrogens (tertiary/aromatic N) is 6. The second-order valence-corrected chi connectivity index (χ2v) is 14.4. The van der Waals surface area contributed by atoms with Crippen LogP contribution >= 0.6 is 50.7 Å². The summed E-state index contributed by atoms with van der Waals surface area (Å²) in [4.78, 5) is 8.25. The third kappa shape index (κ3) is 6.87. The molecule has 0 radical (unpaired) electrons. The topological polar surface area (TPSA) is 90.9 Å². The average molecular weight is 697 g/mol. The number of aliphatic hydroxyl groups is 1. The molecule has 1 saturated carbocycles. The van der Waals surface area contributed by atoms with Crippen LogP contribution in [0.5, 0.6) is 0 Å². The van der Waals surface area contributed by atoms with Gasteiger partial charge in [0.1, 0.15) is 30.9 Å². The highest BCUT2D eigenvalue weighted by molar-refractivity contribution is 9.09. The minimum atomic E-state index is -0.791. The zero-order valence-corrected chi connectivity index (χ0v) is 27.4. The number of halogens is 4. The number of benzene rings is 2. The highest BCUT2D eigenvalue weighted by Gasteiger charge is 2.54. The monoisotopic (exact) mass is 694 g/mol. The van der Waals surface area contributed by atoms with Gasteiger partial charge in [-0.15, -0.1) is 0 Å². The van der Waals surface area contributed by atoms with Gasteiger partial charge in [-0.2, -0.15) is 10.2 Å². The van der Waals surface area contributed by atoms with E-state index in [4.69, 9.17) is 39.5 Å². The van der Waals surface area contributed by atoms with E-state index in [0.717, 1.165) is 36.3 Å². The van der Waals surface area contributed by atoms with Crippen molar-refractivity contribution in [1.29, 1.82) is 0 Å². The first-order valence-electron chi connectivity index (χ1n) is 13.8. The highest BCUT2D eigenvalue weighted by atomic mass is 79.9. The van der Waals surface area contributed by atoms with Crippen molar-refractivity contribution in [2.75, 3.05) is 6.61 Å². The molecule has 12 heteroatoms. The number of alkyl halides is 1. The summed E-state index contributed by atoms with van der Waals surface area (Å²) in [5.41, 5.74) is 0.699. The quantitative estimate of drug-likeness (QED) is 0.209. The maximum Gasteiger partial charge on any atom is 0.137 e. The van der Waals surface area contributed by atoms with Crippen molar-refractivity contribution < 1.29 is 9.84 Å². The molecule has 0 spiro atoms. The molecule has 0 bridgehead atoms. The molecular weight excluding hydrogens is 663 g/mol. The van der Waals surface area contributed by atoms with Crippen LogP contribution in [-0.2, 0) is 29.8 Å². The zero-order valence-electron chi connectivity index (χ0n) is 23.5. The molecule has 1 N–H and O–H groups in total. The molecular formula is C30H34BrCl3N6O2. The van der Waals surface area contributed by atoms with Gasteiger partial charge < -0.3 is 9.84 Å². The van der Waals surface area contributed by atoms with Gasteiger partial charge in [0.2, 0.25) is 0 Å². The number of hydrogen-bond donors (Lipinski definition) is 1. The van der Waals surface area contributed by atoms with Crippen LogP contribution < -0.4 is 0 Å². The van der Waals surface area contributed by atoms with Gasteiger partial charge in [0.25, 0.3) is 0 Å². The van der Waals surface area contributed by atoms with E-state index in [2.05, 4.69) is 49.9 Å². The summed E-state index contributed by atoms with van der Waals surface area (Å²) < 4.78 is 9.57. The third-order valence-electron chi connectivity index (χ3n) is 8.63. The highest BCUT2D eigenvalue weighted by Crippen LogP contribution is 2.51. The van der Waals surface area contributed by atoms with Crippen LogP contribution in [0.2, 0.25) is 15.1 Å². The van der Waals surface area contributed by atoms with Gasteiger partial charge in [-0.25, -0.2) is 14.6 Å². The van der Waals surface area contributed by atoms with Crippen LogP contribution in [0.15, 0.2) is 67.8 Å². The van der Waals surface area contributed by atoms with Gasteiger partial charge >= 0.3 is 0 Å². The molecule has 3 heterocycles. The lowest BCUT2D eigenvalue weighted by molar-refractivity contribution is -0.0907. The van der Waals surface area contributed by atoms with Crippen LogP contribution in [-0.4, -0.2) is 51.7 Å². The average Bonchev–Trinajstić information content (AvgIpc) is 3.74. The Morgan fingerprint density at radius 1 is 0.952 bits per heavy atom. The van der Waals surface area contributed by atoms with Crippen molar-refractivity contribution in [2.24, 2.45) is 11.3 Å². The second-order valence-electron chi connectivity index (χ2n) is 11.8. The number of ether oxygens (including phenoxy) is 1. The van der Waals surface area contributed by atoms with Gasteiger partial charge in [-0.3, -0.25) is 4.68 Å². The molecule has 1 saturated heterocycles. The largest absolute Gasteiger partial charge is 0.387 e. The summed E-state index contributed by atoms with van der Waals surface area (Å²) in [7, 11) is 0. The Kier molecular flexibility index (Phi) is 9.67. The standard InChI is InChI=1S/C17H22ClN3O.C13H12BrCl2N3O/c1-16(2)8-7-14(9-13-3-5-15(18)6-4-13)17(16,22)10-21-12-19-11-20-21;14-9-4-13(20-5-9,6-19-8-17-7-18-19)11-2-1-10(15)3-12(11)16/h3-6,11-12,14,22H,7-10H2,1-2H3;1-3,7-9H,4-6H2. The molecule has 2 aromatic heterocycles. The summed E-state index contributed by atoms with van der Waals surface area (Å²) >= 11 is 21.9. The predicted octanol–water partition coefficient (Wildman–Crippen LogP) is 7.01. The fourth-order valence-electron chi connectivity index (χ4n) is 6.17. The van der Waals surface area contributed by atoms with Crippen molar-refractivity contribution in [1.82, 2.24) is 29.5 Å². The molecule has 2 fully saturated rings. The molecule has 2 aromatic carbocycles. The van der Waals surface area contributed by atoms with Gasteiger partial charge in [0, 0.05) is 25.5 Å². The van der Waals surface area contributed by atoms with Crippen molar-refractivity contribution in [3.63, 3.8) is 0 Å². The predicted molar refractivity (Wildman–Crippen MR) is 168 cm³/mol. The van der Waals surface area contributed by atoms with Crippen molar-refractivity contribution in [3.05, 3.63) is 94.0 Å². The summed E-state index contributed by atoms with van der Waals surface area (Å²) in [6, 6.07) is 13.4. The number of hydrogen-bond acceptors (Lipinski definition) is 6. The van der Waals surface area contributed by atoms with Gasteiger partial charge in [-0.05, 0) is 66.8 Å². The van der Waals surface area contributed by atoms with E-state index in [1.54, 1.807) is 28.1 Å². The molecule has 1 aliphatic carbocycles. The Morgan fingerprint density at radius 3 is 2.17 bits per heavy atom. The van der Waals surface area contributed by atoms with Gasteiger partial charge in [0.05, 0.1) is 25.3 Å². The third-order valence-corrected chi connectivity index (χ3v) is 10.0. The summed E-state index contributed by atoms with van der Waals surface area (Å²) in [5, 5.41) is 21.8. The maximum absolute atomic E-state index is 11.5. The van der Waals surface area contributed by atoms with E-state index < -0.39 is 11.2 Å². The fourth-order valence-corrected chi connectivity index (χ4v) is 7.53. The first-order chi connectivity index (χ1) is 20.0. The van der Waals surface area contributed by atoms with E-state index in [-0.39, 0.29) is 16.2 Å². The lowest BCUT2D eigenvalue weighted by Gasteiger charge is -2.40. The van der Waals surface area contributed by atoms with Gasteiger partial charge in [0.15, 0.2) is 0 Å². The molecule has 0 amide bonds. The van der Waals surface area contributed by atoms with E-state index in [1.807, 2.05) is 36.4 Å². The molecule has 1 aliphatic heterocycles. The summed E-state index contributed by atoms with van der Waals surface area (Å²) in [6.07, 6.45) is 10.1. The minimum Gasteiger partial charge on any atom is -0.387 e. The molecule has 4 atom stereocenters. The number of aromatic nitrogens is 6. The van der Waals surface area contributed by atoms with E-state index in [1.165, 1.54) is 18.2 Å². The molecule has 8 nitrogen and oxygen atoms in total. The van der Waals surface area contributed by atoms with Gasteiger partial charge in [-0.1, -0.05) is 82.8 Å². The normalized spacial score (nSPS) is 26.6. The Morgan fingerprint density at radius 2 is 1.60 bits per heavy atom. The van der Waals surface area contributed by atoms with E-state index >= 15 is 0 Å². The fraction of sp³-hybridized carbons (Fsp3) is 0.467. The summed E-state index contributed by atoms with van der Waals surface area (Å²) in [5.74, 6) is 0.202. The minimum absolute atomic E-state index is 0.143. The van der Waals surface area contributed by atoms with Crippen molar-refractivity contribution in [3.8, 4) is 0 Å². The SMILES string of the molecule is CC1(C)CCC(Cc2ccc(Cl)cc2)C1(O)Cn1cncn1.Clc1ccc(C2(Cn3cncn3)CC(Br)CO2)c(Cl)c1. The maximum atomic E-state index is 11.5. The van der Waals surface area contributed by atoms with Crippen LogP contribution in [0.25, 0.3) is 0 Å². The van der Waals surface area contributed by atoms with Crippen LogP contribution in [0.3, 0.4) is 0 Å². The Labute approximate surface area is 269 Å². The molecule has 4 aromatic rings. The first-order valence-corrected chi connectivity index (χ1v) is 15.9. The molecule has 2 aliphatic rings. The molecule has 42 heavy (non-hydrogen) atoms. The van der Waals surface area contributed by atoms with E-state index in [0.29, 0.717) is 29.7 Å². The van der Waals surface area contributed by atoms with Crippen molar-refractivity contribution >= 4 is 50.7 Å². The Bertz CT molecular complexity index is 1450. The lowest BCUT2D eigenvalue weighted by Crippen LogP contribution is -2.49. The summed E-state index contributed by atoms with van der Waals surface area (Å²) in [6.45, 7) is 5.97. The van der Waals surface area contributed by atoms with Crippen LogP contribution in [0, 0.1) is 11.3 Å². The Hall–Kier alpha value is -2.01. The smallest absolute Gasteiger partial charge is 0.137 e. The van der Waals surface area contributed by atoms with Crippen molar-refractivity contribution in [2.45, 2.75) is 68.6 Å². The molecule has 4 unspecified atom stereocenters. The second kappa shape index (κ2) is 12.9.